The SMILES string of the molecule is C=CCOc1ccccc1C(=O)[O-].C=CCOc1ccccc1C(=O)[O-].[Mg+2]. The standard InChI is InChI=1S/2C10H10O3.Mg/c2*1-2-7-13-9-6-4-3-5-8(9)10(11)12;/h2*2-6H,1,7H2,(H,11,12);/q;;+2/p-2. The van der Waals surface area contributed by atoms with E-state index in [-0.39, 0.29) is 47.4 Å². The molecule has 0 aliphatic carbocycles. The van der Waals surface area contributed by atoms with Crippen LogP contribution >= 0.6 is 0 Å². The number of aromatic carboxylic acids is 2. The van der Waals surface area contributed by atoms with E-state index in [1.54, 1.807) is 48.6 Å². The molecular formula is C20H18MgO6. The van der Waals surface area contributed by atoms with Crippen molar-refractivity contribution in [1.82, 2.24) is 0 Å². The van der Waals surface area contributed by atoms with Crippen LogP contribution in [-0.2, 0) is 0 Å². The molecule has 2 rings (SSSR count). The Morgan fingerprint density at radius 1 is 0.778 bits per heavy atom. The smallest absolute Gasteiger partial charge is 0.545 e. The topological polar surface area (TPSA) is 98.7 Å². The molecule has 0 aliphatic heterocycles. The molecule has 0 saturated heterocycles. The molecule has 0 saturated carbocycles. The Morgan fingerprint density at radius 3 is 1.41 bits per heavy atom. The third kappa shape index (κ3) is 8.43. The molecule has 2 aromatic rings. The van der Waals surface area contributed by atoms with E-state index in [1.165, 1.54) is 12.1 Å². The summed E-state index contributed by atoms with van der Waals surface area (Å²) < 4.78 is 10.2. The Morgan fingerprint density at radius 2 is 1.11 bits per heavy atom. The van der Waals surface area contributed by atoms with Crippen LogP contribution in [0.5, 0.6) is 11.5 Å². The zero-order valence-corrected chi connectivity index (χ0v) is 16.2. The Labute approximate surface area is 173 Å². The fourth-order valence-electron chi connectivity index (χ4n) is 1.82. The minimum Gasteiger partial charge on any atom is -0.545 e. The number of carbonyl (C=O) groups excluding carboxylic acids is 2. The van der Waals surface area contributed by atoms with Crippen LogP contribution in [-0.4, -0.2) is 48.2 Å². The minimum atomic E-state index is -1.24. The number of carbonyl (C=O) groups is 2. The number of rotatable bonds is 8. The average Bonchev–Trinajstić information content (AvgIpc) is 2.65. The largest absolute Gasteiger partial charge is 2.00 e. The second-order valence-corrected chi connectivity index (χ2v) is 4.77. The molecule has 27 heavy (non-hydrogen) atoms. The normalized spacial score (nSPS) is 8.89. The third-order valence-electron chi connectivity index (χ3n) is 2.93. The number of carboxylic acids is 2. The van der Waals surface area contributed by atoms with Gasteiger partial charge in [-0.05, 0) is 24.3 Å². The number of hydrogen-bond donors (Lipinski definition) is 0. The second kappa shape index (κ2) is 13.4. The maximum atomic E-state index is 10.6. The van der Waals surface area contributed by atoms with Crippen molar-refractivity contribution in [2.75, 3.05) is 13.2 Å². The molecule has 6 nitrogen and oxygen atoms in total. The molecule has 0 aromatic heterocycles. The summed E-state index contributed by atoms with van der Waals surface area (Å²) in [7, 11) is 0. The molecule has 0 spiro atoms. The van der Waals surface area contributed by atoms with Crippen molar-refractivity contribution in [2.45, 2.75) is 0 Å². The molecule has 0 atom stereocenters. The van der Waals surface area contributed by atoms with Crippen LogP contribution in [0.2, 0.25) is 0 Å². The summed E-state index contributed by atoms with van der Waals surface area (Å²) >= 11 is 0. The maximum Gasteiger partial charge on any atom is 2.00 e. The van der Waals surface area contributed by atoms with Gasteiger partial charge in [0, 0.05) is 11.1 Å². The third-order valence-corrected chi connectivity index (χ3v) is 2.93. The average molecular weight is 379 g/mol. The van der Waals surface area contributed by atoms with E-state index in [0.717, 1.165) is 0 Å². The molecule has 0 heterocycles. The number of hydrogen-bond acceptors (Lipinski definition) is 6. The van der Waals surface area contributed by atoms with Crippen LogP contribution in [0.25, 0.3) is 0 Å². The van der Waals surface area contributed by atoms with E-state index < -0.39 is 11.9 Å². The molecule has 0 bridgehead atoms. The quantitative estimate of drug-likeness (QED) is 0.499. The first-order valence-electron chi connectivity index (χ1n) is 7.59. The summed E-state index contributed by atoms with van der Waals surface area (Å²) in [6.07, 6.45) is 3.10. The van der Waals surface area contributed by atoms with Gasteiger partial charge in [0.1, 0.15) is 24.7 Å². The Hall–Kier alpha value is -2.77. The van der Waals surface area contributed by atoms with Crippen LogP contribution < -0.4 is 19.7 Å². The number of carboxylic acid groups (broad SMARTS) is 2. The molecule has 136 valence electrons. The van der Waals surface area contributed by atoms with Gasteiger partial charge in [-0.15, -0.1) is 0 Å². The molecule has 0 aliphatic rings. The van der Waals surface area contributed by atoms with Gasteiger partial charge in [0.25, 0.3) is 0 Å². The summed E-state index contributed by atoms with van der Waals surface area (Å²) in [5.41, 5.74) is 0.119. The van der Waals surface area contributed by atoms with Gasteiger partial charge in [0.15, 0.2) is 0 Å². The Balaban J connectivity index is 0.000000483. The summed E-state index contributed by atoms with van der Waals surface area (Å²) in [4.78, 5) is 21.1. The van der Waals surface area contributed by atoms with Crippen LogP contribution in [0.4, 0.5) is 0 Å². The fourth-order valence-corrected chi connectivity index (χ4v) is 1.82. The van der Waals surface area contributed by atoms with E-state index in [0.29, 0.717) is 11.5 Å². The summed E-state index contributed by atoms with van der Waals surface area (Å²) in [6.45, 7) is 7.49. The van der Waals surface area contributed by atoms with Crippen LogP contribution in [0.3, 0.4) is 0 Å². The molecule has 2 aromatic carbocycles. The van der Waals surface area contributed by atoms with E-state index in [1.807, 2.05) is 0 Å². The van der Waals surface area contributed by atoms with Crippen molar-refractivity contribution < 1.29 is 29.3 Å². The van der Waals surface area contributed by atoms with Gasteiger partial charge in [0.05, 0.1) is 11.9 Å². The molecule has 0 N–H and O–H groups in total. The number of benzene rings is 2. The van der Waals surface area contributed by atoms with Crippen molar-refractivity contribution in [3.8, 4) is 11.5 Å². The van der Waals surface area contributed by atoms with E-state index >= 15 is 0 Å². The minimum absolute atomic E-state index is 0. The van der Waals surface area contributed by atoms with E-state index in [9.17, 15) is 19.8 Å². The first kappa shape index (κ1) is 24.2. The molecule has 7 heteroatoms. The summed E-state index contributed by atoms with van der Waals surface area (Å²) in [5, 5.41) is 21.1. The van der Waals surface area contributed by atoms with Crippen LogP contribution in [0.15, 0.2) is 73.8 Å². The zero-order chi connectivity index (χ0) is 19.4. The van der Waals surface area contributed by atoms with Gasteiger partial charge in [-0.3, -0.25) is 0 Å². The molecule has 0 radical (unpaired) electrons. The van der Waals surface area contributed by atoms with Crippen LogP contribution in [0.1, 0.15) is 20.7 Å². The first-order valence-corrected chi connectivity index (χ1v) is 7.59. The van der Waals surface area contributed by atoms with Gasteiger partial charge in [-0.25, -0.2) is 0 Å². The Kier molecular flexibility index (Phi) is 12.1. The van der Waals surface area contributed by atoms with Gasteiger partial charge in [-0.1, -0.05) is 49.6 Å². The van der Waals surface area contributed by atoms with Crippen molar-refractivity contribution >= 4 is 35.0 Å². The molecular weight excluding hydrogens is 361 g/mol. The number of ether oxygens (including phenoxy) is 2. The molecule has 0 amide bonds. The Bertz CT molecular complexity index is 707. The zero-order valence-electron chi connectivity index (χ0n) is 14.8. The second-order valence-electron chi connectivity index (χ2n) is 4.77. The predicted molar refractivity (Wildman–Crippen MR) is 98.7 cm³/mol. The molecule has 0 fully saturated rings. The summed E-state index contributed by atoms with van der Waals surface area (Å²) in [5.74, 6) is -1.86. The van der Waals surface area contributed by atoms with Crippen molar-refractivity contribution in [3.63, 3.8) is 0 Å². The van der Waals surface area contributed by atoms with Crippen molar-refractivity contribution in [1.29, 1.82) is 0 Å². The monoisotopic (exact) mass is 378 g/mol. The van der Waals surface area contributed by atoms with Crippen LogP contribution in [0, 0.1) is 0 Å². The molecule has 0 unspecified atom stereocenters. The predicted octanol–water partition coefficient (Wildman–Crippen LogP) is 0.849. The van der Waals surface area contributed by atoms with E-state index in [2.05, 4.69) is 13.2 Å². The van der Waals surface area contributed by atoms with E-state index in [4.69, 9.17) is 9.47 Å². The first-order chi connectivity index (χ1) is 12.5. The van der Waals surface area contributed by atoms with Gasteiger partial charge in [-0.2, -0.15) is 0 Å². The number of para-hydroxylation sites is 2. The van der Waals surface area contributed by atoms with Gasteiger partial charge in [0.2, 0.25) is 0 Å². The van der Waals surface area contributed by atoms with Gasteiger partial charge < -0.3 is 29.3 Å². The van der Waals surface area contributed by atoms with Crippen molar-refractivity contribution in [3.05, 3.63) is 85.0 Å². The van der Waals surface area contributed by atoms with Crippen molar-refractivity contribution in [2.24, 2.45) is 0 Å². The van der Waals surface area contributed by atoms with Gasteiger partial charge >= 0.3 is 23.1 Å². The fraction of sp³-hybridized carbons (Fsp3) is 0.100. The summed E-state index contributed by atoms with van der Waals surface area (Å²) in [6, 6.07) is 12.7. The maximum absolute atomic E-state index is 10.6.